The summed E-state index contributed by atoms with van der Waals surface area (Å²) in [5.41, 5.74) is 1.05. The van der Waals surface area contributed by atoms with Gasteiger partial charge in [0.25, 0.3) is 0 Å². The first kappa shape index (κ1) is 13.4. The Morgan fingerprint density at radius 3 is 2.84 bits per heavy atom. The smallest absolute Gasteiger partial charge is 0.213 e. The average Bonchev–Trinajstić information content (AvgIpc) is 2.96. The standard InChI is InChI=1S/C13H17N3O3/c1-17-11-5-3-4-10(13(11)18-2)8-14-7-6-12-15-9-19-16-12/h3-5,9,14H,6-8H2,1-2H3. The van der Waals surface area contributed by atoms with Crippen LogP contribution in [0.1, 0.15) is 11.4 Å². The number of benzene rings is 1. The van der Waals surface area contributed by atoms with Crippen LogP contribution in [0.2, 0.25) is 0 Å². The highest BCUT2D eigenvalue weighted by molar-refractivity contribution is 5.46. The lowest BCUT2D eigenvalue weighted by Gasteiger charge is -2.12. The topological polar surface area (TPSA) is 69.4 Å². The summed E-state index contributed by atoms with van der Waals surface area (Å²) in [6.45, 7) is 1.46. The van der Waals surface area contributed by atoms with Crippen molar-refractivity contribution >= 4 is 0 Å². The third-order valence-electron chi connectivity index (χ3n) is 2.73. The summed E-state index contributed by atoms with van der Waals surface area (Å²) < 4.78 is 15.3. The monoisotopic (exact) mass is 263 g/mol. The molecule has 0 atom stereocenters. The minimum Gasteiger partial charge on any atom is -0.493 e. The Balaban J connectivity index is 1.88. The fourth-order valence-corrected chi connectivity index (χ4v) is 1.82. The first-order chi connectivity index (χ1) is 9.35. The quantitative estimate of drug-likeness (QED) is 0.762. The van der Waals surface area contributed by atoms with Crippen molar-refractivity contribution < 1.29 is 14.0 Å². The van der Waals surface area contributed by atoms with Gasteiger partial charge in [0.05, 0.1) is 14.2 Å². The minimum atomic E-state index is 0.693. The summed E-state index contributed by atoms with van der Waals surface area (Å²) in [5, 5.41) is 7.06. The molecule has 0 aliphatic carbocycles. The number of ether oxygens (including phenoxy) is 2. The summed E-state index contributed by atoms with van der Waals surface area (Å²) >= 11 is 0. The van der Waals surface area contributed by atoms with Gasteiger partial charge in [0.2, 0.25) is 6.39 Å². The van der Waals surface area contributed by atoms with E-state index < -0.39 is 0 Å². The van der Waals surface area contributed by atoms with E-state index >= 15 is 0 Å². The van der Waals surface area contributed by atoms with E-state index in [-0.39, 0.29) is 0 Å². The molecule has 0 fully saturated rings. The molecule has 2 rings (SSSR count). The van der Waals surface area contributed by atoms with Gasteiger partial charge in [-0.3, -0.25) is 0 Å². The second-order valence-electron chi connectivity index (χ2n) is 3.93. The molecule has 6 nitrogen and oxygen atoms in total. The third-order valence-corrected chi connectivity index (χ3v) is 2.73. The fraction of sp³-hybridized carbons (Fsp3) is 0.385. The molecule has 102 valence electrons. The molecule has 0 amide bonds. The number of aromatic nitrogens is 2. The summed E-state index contributed by atoms with van der Waals surface area (Å²) in [5.74, 6) is 2.20. The summed E-state index contributed by atoms with van der Waals surface area (Å²) in [6, 6.07) is 5.82. The molecule has 1 aromatic carbocycles. The zero-order chi connectivity index (χ0) is 13.5. The first-order valence-corrected chi connectivity index (χ1v) is 6.01. The molecule has 1 N–H and O–H groups in total. The van der Waals surface area contributed by atoms with Crippen molar-refractivity contribution in [2.75, 3.05) is 20.8 Å². The molecule has 0 aliphatic rings. The van der Waals surface area contributed by atoms with Gasteiger partial charge in [-0.2, -0.15) is 4.98 Å². The maximum Gasteiger partial charge on any atom is 0.213 e. The normalized spacial score (nSPS) is 10.4. The third kappa shape index (κ3) is 3.45. The van der Waals surface area contributed by atoms with Gasteiger partial charge in [0, 0.05) is 25.1 Å². The van der Waals surface area contributed by atoms with E-state index in [1.807, 2.05) is 18.2 Å². The van der Waals surface area contributed by atoms with Gasteiger partial charge in [-0.05, 0) is 6.07 Å². The molecular formula is C13H17N3O3. The maximum atomic E-state index is 5.37. The van der Waals surface area contributed by atoms with Crippen LogP contribution in [0.15, 0.2) is 29.1 Å². The predicted octanol–water partition coefficient (Wildman–Crippen LogP) is 1.42. The molecule has 0 bridgehead atoms. The highest BCUT2D eigenvalue weighted by Gasteiger charge is 2.08. The van der Waals surface area contributed by atoms with E-state index in [0.717, 1.165) is 30.0 Å². The summed E-state index contributed by atoms with van der Waals surface area (Å²) in [6.07, 6.45) is 2.06. The summed E-state index contributed by atoms with van der Waals surface area (Å²) in [4.78, 5) is 3.96. The Morgan fingerprint density at radius 1 is 1.26 bits per heavy atom. The highest BCUT2D eigenvalue weighted by atomic mass is 16.5. The Morgan fingerprint density at radius 2 is 2.16 bits per heavy atom. The molecule has 0 spiro atoms. The van der Waals surface area contributed by atoms with Crippen LogP contribution in [-0.2, 0) is 13.0 Å². The minimum absolute atomic E-state index is 0.693. The van der Waals surface area contributed by atoms with Gasteiger partial charge >= 0.3 is 0 Å². The van der Waals surface area contributed by atoms with Crippen LogP contribution in [0.5, 0.6) is 11.5 Å². The van der Waals surface area contributed by atoms with Crippen LogP contribution in [0.4, 0.5) is 0 Å². The van der Waals surface area contributed by atoms with Crippen molar-refractivity contribution in [1.82, 2.24) is 15.5 Å². The number of hydrogen-bond acceptors (Lipinski definition) is 6. The predicted molar refractivity (Wildman–Crippen MR) is 69.3 cm³/mol. The number of rotatable bonds is 7. The van der Waals surface area contributed by atoms with Gasteiger partial charge in [-0.15, -0.1) is 0 Å². The molecule has 1 heterocycles. The fourth-order valence-electron chi connectivity index (χ4n) is 1.82. The molecule has 0 saturated carbocycles. The Hall–Kier alpha value is -2.08. The van der Waals surface area contributed by atoms with Crippen molar-refractivity contribution in [2.24, 2.45) is 0 Å². The maximum absolute atomic E-state index is 5.37. The Bertz CT molecular complexity index is 500. The second kappa shape index (κ2) is 6.75. The van der Waals surface area contributed by atoms with Crippen LogP contribution >= 0.6 is 0 Å². The number of para-hydroxylation sites is 1. The number of nitrogens with one attached hydrogen (secondary N) is 1. The van der Waals surface area contributed by atoms with Crippen LogP contribution in [0.25, 0.3) is 0 Å². The molecule has 1 aromatic heterocycles. The second-order valence-corrected chi connectivity index (χ2v) is 3.93. The van der Waals surface area contributed by atoms with E-state index in [1.54, 1.807) is 14.2 Å². The molecular weight excluding hydrogens is 246 g/mol. The lowest BCUT2D eigenvalue weighted by molar-refractivity contribution is 0.350. The van der Waals surface area contributed by atoms with Gasteiger partial charge in [-0.1, -0.05) is 17.3 Å². The van der Waals surface area contributed by atoms with Crippen LogP contribution in [0, 0.1) is 0 Å². The number of hydrogen-bond donors (Lipinski definition) is 1. The van der Waals surface area contributed by atoms with Gasteiger partial charge < -0.3 is 19.3 Å². The number of methoxy groups -OCH3 is 2. The lowest BCUT2D eigenvalue weighted by Crippen LogP contribution is -2.17. The molecule has 19 heavy (non-hydrogen) atoms. The molecule has 2 aromatic rings. The van der Waals surface area contributed by atoms with E-state index in [2.05, 4.69) is 20.0 Å². The molecule has 6 heteroatoms. The van der Waals surface area contributed by atoms with E-state index in [0.29, 0.717) is 12.4 Å². The highest BCUT2D eigenvalue weighted by Crippen LogP contribution is 2.30. The van der Waals surface area contributed by atoms with E-state index in [1.165, 1.54) is 6.39 Å². The van der Waals surface area contributed by atoms with E-state index in [4.69, 9.17) is 9.47 Å². The van der Waals surface area contributed by atoms with Crippen LogP contribution < -0.4 is 14.8 Å². The number of nitrogens with zero attached hydrogens (tertiary/aromatic N) is 2. The Labute approximate surface area is 111 Å². The van der Waals surface area contributed by atoms with E-state index in [9.17, 15) is 0 Å². The molecule has 0 aliphatic heterocycles. The van der Waals surface area contributed by atoms with Gasteiger partial charge in [-0.25, -0.2) is 0 Å². The summed E-state index contributed by atoms with van der Waals surface area (Å²) in [7, 11) is 3.27. The zero-order valence-corrected chi connectivity index (χ0v) is 11.0. The van der Waals surface area contributed by atoms with Crippen molar-refractivity contribution in [2.45, 2.75) is 13.0 Å². The molecule has 0 radical (unpaired) electrons. The molecule has 0 saturated heterocycles. The van der Waals surface area contributed by atoms with Gasteiger partial charge in [0.1, 0.15) is 0 Å². The average molecular weight is 263 g/mol. The first-order valence-electron chi connectivity index (χ1n) is 6.01. The van der Waals surface area contributed by atoms with Crippen molar-refractivity contribution in [3.8, 4) is 11.5 Å². The SMILES string of the molecule is COc1cccc(CNCCc2ncon2)c1OC. The Kier molecular flexibility index (Phi) is 4.74. The molecule has 0 unspecified atom stereocenters. The lowest BCUT2D eigenvalue weighted by atomic mass is 10.2. The van der Waals surface area contributed by atoms with Crippen molar-refractivity contribution in [3.63, 3.8) is 0 Å². The zero-order valence-electron chi connectivity index (χ0n) is 11.0. The van der Waals surface area contributed by atoms with Crippen molar-refractivity contribution in [3.05, 3.63) is 36.0 Å². The van der Waals surface area contributed by atoms with Crippen molar-refractivity contribution in [1.29, 1.82) is 0 Å². The van der Waals surface area contributed by atoms with Crippen LogP contribution in [0.3, 0.4) is 0 Å². The van der Waals surface area contributed by atoms with Gasteiger partial charge in [0.15, 0.2) is 17.3 Å². The largest absolute Gasteiger partial charge is 0.493 e. The van der Waals surface area contributed by atoms with Crippen LogP contribution in [-0.4, -0.2) is 30.9 Å².